The lowest BCUT2D eigenvalue weighted by atomic mass is 9.82. The number of hydrogen-bond donors (Lipinski definition) is 2. The van der Waals surface area contributed by atoms with Crippen molar-refractivity contribution in [3.8, 4) is 0 Å². The molecular weight excluding hydrogens is 276 g/mol. The van der Waals surface area contributed by atoms with Gasteiger partial charge in [0, 0.05) is 26.8 Å². The molecule has 1 heterocycles. The molecule has 0 bridgehead atoms. The van der Waals surface area contributed by atoms with Crippen LogP contribution in [0, 0.1) is 5.41 Å². The highest BCUT2D eigenvalue weighted by molar-refractivity contribution is 5.85. The van der Waals surface area contributed by atoms with Crippen LogP contribution in [0.1, 0.15) is 38.5 Å². The molecule has 0 saturated heterocycles. The first kappa shape index (κ1) is 17.5. The summed E-state index contributed by atoms with van der Waals surface area (Å²) in [6, 6.07) is 0. The van der Waals surface area contributed by atoms with Crippen LogP contribution >= 0.6 is 12.4 Å². The van der Waals surface area contributed by atoms with Crippen molar-refractivity contribution in [2.75, 3.05) is 33.4 Å². The van der Waals surface area contributed by atoms with Crippen molar-refractivity contribution >= 4 is 18.3 Å². The molecule has 1 aliphatic heterocycles. The maximum atomic E-state index is 12.5. The van der Waals surface area contributed by atoms with E-state index in [-0.39, 0.29) is 23.7 Å². The van der Waals surface area contributed by atoms with E-state index in [4.69, 9.17) is 4.74 Å². The second kappa shape index (κ2) is 8.65. The van der Waals surface area contributed by atoms with Gasteiger partial charge in [-0.15, -0.1) is 12.4 Å². The van der Waals surface area contributed by atoms with Gasteiger partial charge in [0.25, 0.3) is 0 Å². The Kier molecular flexibility index (Phi) is 7.56. The summed E-state index contributed by atoms with van der Waals surface area (Å²) in [5.74, 6) is 0.237. The highest BCUT2D eigenvalue weighted by atomic mass is 35.5. The molecule has 2 N–H and O–H groups in total. The minimum atomic E-state index is -0.163. The molecule has 0 atom stereocenters. The second-order valence-corrected chi connectivity index (χ2v) is 5.73. The number of ether oxygens (including phenoxy) is 1. The third kappa shape index (κ3) is 4.47. The van der Waals surface area contributed by atoms with Crippen molar-refractivity contribution in [1.29, 1.82) is 0 Å². The predicted octanol–water partition coefficient (Wildman–Crippen LogP) is 2.04. The molecule has 1 aliphatic carbocycles. The molecule has 1 fully saturated rings. The first-order valence-electron chi connectivity index (χ1n) is 7.43. The number of halogens is 1. The molecule has 1 amide bonds. The molecule has 0 spiro atoms. The SMILES string of the molecule is COCCC1(C(=O)NCC2=CCNCC2)CCCC1.Cl. The van der Waals surface area contributed by atoms with Crippen molar-refractivity contribution in [2.24, 2.45) is 5.41 Å². The number of hydrogen-bond acceptors (Lipinski definition) is 3. The molecule has 0 aromatic carbocycles. The number of nitrogens with one attached hydrogen (secondary N) is 2. The van der Waals surface area contributed by atoms with E-state index in [2.05, 4.69) is 16.7 Å². The number of carbonyl (C=O) groups excluding carboxylic acids is 1. The van der Waals surface area contributed by atoms with Crippen LogP contribution in [-0.2, 0) is 9.53 Å². The molecule has 4 nitrogen and oxygen atoms in total. The van der Waals surface area contributed by atoms with Crippen molar-refractivity contribution < 1.29 is 9.53 Å². The van der Waals surface area contributed by atoms with Gasteiger partial charge in [0.05, 0.1) is 5.41 Å². The van der Waals surface area contributed by atoms with Gasteiger partial charge >= 0.3 is 0 Å². The molecule has 1 saturated carbocycles. The van der Waals surface area contributed by atoms with Crippen LogP contribution in [0.4, 0.5) is 0 Å². The van der Waals surface area contributed by atoms with Crippen LogP contribution in [0.25, 0.3) is 0 Å². The summed E-state index contributed by atoms with van der Waals surface area (Å²) in [6.45, 7) is 3.35. The zero-order chi connectivity index (χ0) is 13.6. The van der Waals surface area contributed by atoms with E-state index in [1.807, 2.05) is 0 Å². The number of rotatable bonds is 6. The summed E-state index contributed by atoms with van der Waals surface area (Å²) >= 11 is 0. The van der Waals surface area contributed by atoms with E-state index >= 15 is 0 Å². The molecule has 0 radical (unpaired) electrons. The third-order valence-electron chi connectivity index (χ3n) is 4.46. The Balaban J connectivity index is 0.00000200. The minimum Gasteiger partial charge on any atom is -0.385 e. The van der Waals surface area contributed by atoms with Gasteiger partial charge in [-0.05, 0) is 32.2 Å². The average Bonchev–Trinajstić information content (AvgIpc) is 2.94. The Morgan fingerprint density at radius 1 is 1.45 bits per heavy atom. The van der Waals surface area contributed by atoms with E-state index in [1.54, 1.807) is 7.11 Å². The first-order valence-corrected chi connectivity index (χ1v) is 7.43. The Labute approximate surface area is 128 Å². The van der Waals surface area contributed by atoms with Crippen molar-refractivity contribution in [3.05, 3.63) is 11.6 Å². The molecule has 0 aromatic rings. The molecule has 5 heteroatoms. The van der Waals surface area contributed by atoms with Crippen molar-refractivity contribution in [3.63, 3.8) is 0 Å². The predicted molar refractivity (Wildman–Crippen MR) is 83.2 cm³/mol. The normalized spacial score (nSPS) is 20.9. The molecular formula is C15H27ClN2O2. The van der Waals surface area contributed by atoms with Crippen molar-refractivity contribution in [2.45, 2.75) is 38.5 Å². The van der Waals surface area contributed by atoms with Gasteiger partial charge in [-0.1, -0.05) is 24.5 Å². The zero-order valence-electron chi connectivity index (χ0n) is 12.4. The number of carbonyl (C=O) groups is 1. The van der Waals surface area contributed by atoms with Gasteiger partial charge in [0.1, 0.15) is 0 Å². The maximum absolute atomic E-state index is 12.5. The van der Waals surface area contributed by atoms with Gasteiger partial charge < -0.3 is 15.4 Å². The van der Waals surface area contributed by atoms with Crippen molar-refractivity contribution in [1.82, 2.24) is 10.6 Å². The lowest BCUT2D eigenvalue weighted by molar-refractivity contribution is -0.131. The fraction of sp³-hybridized carbons (Fsp3) is 0.800. The largest absolute Gasteiger partial charge is 0.385 e. The van der Waals surface area contributed by atoms with Gasteiger partial charge in [-0.3, -0.25) is 4.79 Å². The molecule has 0 aromatic heterocycles. The minimum absolute atomic E-state index is 0. The molecule has 20 heavy (non-hydrogen) atoms. The summed E-state index contributed by atoms with van der Waals surface area (Å²) in [4.78, 5) is 12.5. The van der Waals surface area contributed by atoms with E-state index in [1.165, 1.54) is 18.4 Å². The van der Waals surface area contributed by atoms with Crippen LogP contribution in [0.3, 0.4) is 0 Å². The third-order valence-corrected chi connectivity index (χ3v) is 4.46. The quantitative estimate of drug-likeness (QED) is 0.738. The standard InChI is InChI=1S/C15H26N2O2.ClH/c1-19-11-8-15(6-2-3-7-15)14(18)17-12-13-4-9-16-10-5-13;/h4,16H,2-3,5-12H2,1H3,(H,17,18);1H. The molecule has 2 aliphatic rings. The molecule has 116 valence electrons. The van der Waals surface area contributed by atoms with E-state index < -0.39 is 0 Å². The summed E-state index contributed by atoms with van der Waals surface area (Å²) < 4.78 is 5.17. The molecule has 0 unspecified atom stereocenters. The van der Waals surface area contributed by atoms with Crippen LogP contribution in [0.15, 0.2) is 11.6 Å². The fourth-order valence-electron chi connectivity index (χ4n) is 3.15. The fourth-order valence-corrected chi connectivity index (χ4v) is 3.15. The monoisotopic (exact) mass is 302 g/mol. The number of methoxy groups -OCH3 is 1. The topological polar surface area (TPSA) is 50.4 Å². The second-order valence-electron chi connectivity index (χ2n) is 5.73. The summed E-state index contributed by atoms with van der Waals surface area (Å²) in [5, 5.41) is 6.44. The Hall–Kier alpha value is -0.580. The van der Waals surface area contributed by atoms with Crippen LogP contribution in [0.5, 0.6) is 0 Å². The Bertz CT molecular complexity index is 339. The van der Waals surface area contributed by atoms with Gasteiger partial charge in [-0.2, -0.15) is 0 Å². The van der Waals surface area contributed by atoms with E-state index in [9.17, 15) is 4.79 Å². The van der Waals surface area contributed by atoms with Gasteiger partial charge in [0.2, 0.25) is 5.91 Å². The maximum Gasteiger partial charge on any atom is 0.226 e. The molecule has 2 rings (SSSR count). The van der Waals surface area contributed by atoms with Crippen LogP contribution in [0.2, 0.25) is 0 Å². The highest BCUT2D eigenvalue weighted by Gasteiger charge is 2.40. The van der Waals surface area contributed by atoms with Crippen LogP contribution in [-0.4, -0.2) is 39.3 Å². The van der Waals surface area contributed by atoms with Gasteiger partial charge in [-0.25, -0.2) is 0 Å². The zero-order valence-corrected chi connectivity index (χ0v) is 13.2. The Morgan fingerprint density at radius 3 is 2.80 bits per heavy atom. The smallest absolute Gasteiger partial charge is 0.226 e. The first-order chi connectivity index (χ1) is 9.27. The van der Waals surface area contributed by atoms with Crippen LogP contribution < -0.4 is 10.6 Å². The van der Waals surface area contributed by atoms with Gasteiger partial charge in [0.15, 0.2) is 0 Å². The van der Waals surface area contributed by atoms with E-state index in [0.717, 1.165) is 45.3 Å². The average molecular weight is 303 g/mol. The highest BCUT2D eigenvalue weighted by Crippen LogP contribution is 2.41. The number of amides is 1. The summed E-state index contributed by atoms with van der Waals surface area (Å²) in [6.07, 6.45) is 8.47. The van der Waals surface area contributed by atoms with E-state index in [0.29, 0.717) is 6.61 Å². The summed E-state index contributed by atoms with van der Waals surface area (Å²) in [5.41, 5.74) is 1.19. The lowest BCUT2D eigenvalue weighted by Crippen LogP contribution is -2.41. The summed E-state index contributed by atoms with van der Waals surface area (Å²) in [7, 11) is 1.71. The Morgan fingerprint density at radius 2 is 2.20 bits per heavy atom. The lowest BCUT2D eigenvalue weighted by Gasteiger charge is -2.28.